The smallest absolute Gasteiger partial charge is 0.129 e. The topological polar surface area (TPSA) is 87.0 Å². The minimum atomic E-state index is 0.0527. The van der Waals surface area contributed by atoms with Gasteiger partial charge in [-0.1, -0.05) is 12.6 Å². The number of aliphatic imine (C=N–C) groups is 1. The number of hydrogen-bond donors (Lipinski definition) is 2. The number of hydrogen-bond acceptors (Lipinski definition) is 6. The maximum absolute atomic E-state index is 4.94. The number of aryl methyl sites for hydroxylation is 1. The second-order valence-electron chi connectivity index (χ2n) is 8.42. The molecule has 162 valence electrons. The van der Waals surface area contributed by atoms with Crippen LogP contribution in [0, 0.1) is 0 Å². The first-order chi connectivity index (χ1) is 14.9. The number of aromatic amines is 1. The number of rotatable bonds is 5. The number of H-pyrrole nitrogens is 1. The predicted octanol–water partition coefficient (Wildman–Crippen LogP) is 1.19. The van der Waals surface area contributed by atoms with Gasteiger partial charge >= 0.3 is 0 Å². The Labute approximate surface area is 182 Å². The Morgan fingerprint density at radius 1 is 1.35 bits per heavy atom. The molecular formula is C23H30N8. The Morgan fingerprint density at radius 2 is 2.19 bits per heavy atom. The average molecular weight is 419 g/mol. The Morgan fingerprint density at radius 3 is 2.90 bits per heavy atom. The molecule has 0 bridgehead atoms. The third-order valence-electron chi connectivity index (χ3n) is 5.53. The summed E-state index contributed by atoms with van der Waals surface area (Å²) >= 11 is 0. The molecule has 0 aliphatic carbocycles. The molecule has 8 heteroatoms. The van der Waals surface area contributed by atoms with Crippen molar-refractivity contribution in [3.63, 3.8) is 0 Å². The number of aromatic nitrogens is 5. The van der Waals surface area contributed by atoms with E-state index in [1.807, 2.05) is 35.3 Å². The number of nitrogens with one attached hydrogen (secondary N) is 2. The zero-order valence-corrected chi connectivity index (χ0v) is 18.7. The lowest BCUT2D eigenvalue weighted by Crippen LogP contribution is -2.57. The van der Waals surface area contributed by atoms with Gasteiger partial charge in [0.15, 0.2) is 0 Å². The Balaban J connectivity index is 1.73. The summed E-state index contributed by atoms with van der Waals surface area (Å²) in [5, 5.41) is 17.1. The highest BCUT2D eigenvalue weighted by molar-refractivity contribution is 6.20. The Kier molecular flexibility index (Phi) is 5.73. The summed E-state index contributed by atoms with van der Waals surface area (Å²) in [6.45, 7) is 14.2. The van der Waals surface area contributed by atoms with Crippen molar-refractivity contribution in [3.05, 3.63) is 46.7 Å². The first-order valence-corrected chi connectivity index (χ1v) is 10.6. The van der Waals surface area contributed by atoms with Gasteiger partial charge in [0.25, 0.3) is 0 Å². The molecule has 1 aliphatic heterocycles. The van der Waals surface area contributed by atoms with Crippen LogP contribution in [0.15, 0.2) is 35.6 Å². The molecule has 1 fully saturated rings. The van der Waals surface area contributed by atoms with E-state index in [9.17, 15) is 0 Å². The number of nitrogens with zero attached hydrogens (tertiary/aromatic N) is 6. The molecule has 1 saturated heterocycles. The van der Waals surface area contributed by atoms with E-state index in [1.165, 1.54) is 0 Å². The van der Waals surface area contributed by atoms with Crippen LogP contribution in [0.4, 0.5) is 5.82 Å². The summed E-state index contributed by atoms with van der Waals surface area (Å²) < 4.78 is 1.88. The molecule has 1 aliphatic rings. The highest BCUT2D eigenvalue weighted by Crippen LogP contribution is 2.20. The summed E-state index contributed by atoms with van der Waals surface area (Å²) in [6, 6.07) is 6.08. The molecule has 0 radical (unpaired) electrons. The van der Waals surface area contributed by atoms with E-state index >= 15 is 0 Å². The first-order valence-electron chi connectivity index (χ1n) is 10.6. The quantitative estimate of drug-likeness (QED) is 0.608. The van der Waals surface area contributed by atoms with E-state index in [2.05, 4.69) is 63.9 Å². The van der Waals surface area contributed by atoms with Crippen molar-refractivity contribution in [2.45, 2.75) is 32.9 Å². The third kappa shape index (κ3) is 4.44. The minimum absolute atomic E-state index is 0.0527. The van der Waals surface area contributed by atoms with Crippen molar-refractivity contribution in [1.82, 2.24) is 30.3 Å². The van der Waals surface area contributed by atoms with Gasteiger partial charge in [0.1, 0.15) is 11.5 Å². The second kappa shape index (κ2) is 8.47. The van der Waals surface area contributed by atoms with Gasteiger partial charge in [-0.3, -0.25) is 14.8 Å². The van der Waals surface area contributed by atoms with Crippen molar-refractivity contribution in [2.75, 3.05) is 31.6 Å². The van der Waals surface area contributed by atoms with Crippen LogP contribution in [-0.4, -0.2) is 62.9 Å². The zero-order chi connectivity index (χ0) is 22.0. The van der Waals surface area contributed by atoms with Gasteiger partial charge in [0.05, 0.1) is 23.0 Å². The van der Waals surface area contributed by atoms with Crippen molar-refractivity contribution < 1.29 is 0 Å². The van der Waals surface area contributed by atoms with Gasteiger partial charge in [0.2, 0.25) is 0 Å². The van der Waals surface area contributed by atoms with Crippen molar-refractivity contribution in [2.24, 2.45) is 4.99 Å². The number of pyridine rings is 1. The largest absolute Gasteiger partial charge is 0.353 e. The van der Waals surface area contributed by atoms with E-state index in [-0.39, 0.29) is 5.54 Å². The molecule has 3 aromatic rings. The molecule has 0 saturated carbocycles. The maximum atomic E-state index is 4.94. The van der Waals surface area contributed by atoms with Crippen LogP contribution in [0.1, 0.15) is 26.3 Å². The lowest BCUT2D eigenvalue weighted by atomic mass is 10.0. The van der Waals surface area contributed by atoms with Gasteiger partial charge in [0, 0.05) is 55.7 Å². The molecule has 4 rings (SSSR count). The van der Waals surface area contributed by atoms with E-state index in [0.29, 0.717) is 0 Å². The van der Waals surface area contributed by atoms with Crippen LogP contribution in [0.5, 0.6) is 0 Å². The monoisotopic (exact) mass is 418 g/mol. The number of anilines is 1. The molecule has 0 aromatic carbocycles. The van der Waals surface area contributed by atoms with Crippen LogP contribution >= 0.6 is 0 Å². The fourth-order valence-corrected chi connectivity index (χ4v) is 3.89. The third-order valence-corrected chi connectivity index (χ3v) is 5.53. The molecular weight excluding hydrogens is 388 g/mol. The van der Waals surface area contributed by atoms with Crippen LogP contribution in [0.25, 0.3) is 24.0 Å². The molecule has 4 heterocycles. The number of piperazine rings is 1. The lowest BCUT2D eigenvalue weighted by molar-refractivity contribution is 0.352. The van der Waals surface area contributed by atoms with E-state index < -0.39 is 0 Å². The summed E-state index contributed by atoms with van der Waals surface area (Å²) in [5.74, 6) is 0.959. The molecule has 2 N–H and O–H groups in total. The zero-order valence-electron chi connectivity index (χ0n) is 18.7. The maximum Gasteiger partial charge on any atom is 0.129 e. The molecule has 0 unspecified atom stereocenters. The van der Waals surface area contributed by atoms with Gasteiger partial charge in [-0.15, -0.1) is 0 Å². The Hall–Kier alpha value is -3.26. The van der Waals surface area contributed by atoms with E-state index in [0.717, 1.165) is 65.2 Å². The van der Waals surface area contributed by atoms with Crippen molar-refractivity contribution in [3.8, 4) is 11.4 Å². The highest BCUT2D eigenvalue weighted by Gasteiger charge is 2.26. The van der Waals surface area contributed by atoms with E-state index in [1.54, 1.807) is 7.05 Å². The van der Waals surface area contributed by atoms with Gasteiger partial charge < -0.3 is 10.2 Å². The van der Waals surface area contributed by atoms with Crippen LogP contribution in [0.2, 0.25) is 0 Å². The van der Waals surface area contributed by atoms with Crippen LogP contribution in [0.3, 0.4) is 0 Å². The minimum Gasteiger partial charge on any atom is -0.353 e. The highest BCUT2D eigenvalue weighted by atomic mass is 15.3. The molecule has 31 heavy (non-hydrogen) atoms. The van der Waals surface area contributed by atoms with Crippen molar-refractivity contribution in [1.29, 1.82) is 0 Å². The Bertz CT molecular complexity index is 1200. The standard InChI is InChI=1S/C23H30N8/c1-6-31-14-17(13-26-31)20(24-5)12-18-16(2)28-29-22(18)19-8-7-9-21(27-19)30-11-10-25-23(3,4)15-30/h7-9,12-14,25,28H,2,6,10-11,15H2,1,3-5H3/b18-12+,24-20+. The molecule has 0 spiro atoms. The predicted molar refractivity (Wildman–Crippen MR) is 126 cm³/mol. The van der Waals surface area contributed by atoms with Gasteiger partial charge in [-0.25, -0.2) is 4.98 Å². The van der Waals surface area contributed by atoms with Gasteiger partial charge in [-0.05, 0) is 39.0 Å². The molecule has 3 aromatic heterocycles. The fourth-order valence-electron chi connectivity index (χ4n) is 3.89. The summed E-state index contributed by atoms with van der Waals surface area (Å²) in [4.78, 5) is 11.7. The van der Waals surface area contributed by atoms with E-state index in [4.69, 9.17) is 4.98 Å². The fraction of sp³-hybridized carbons (Fsp3) is 0.391. The van der Waals surface area contributed by atoms with Crippen LogP contribution < -0.4 is 20.8 Å². The van der Waals surface area contributed by atoms with Gasteiger partial charge in [-0.2, -0.15) is 10.2 Å². The second-order valence-corrected chi connectivity index (χ2v) is 8.42. The average Bonchev–Trinajstić information content (AvgIpc) is 3.38. The van der Waals surface area contributed by atoms with Crippen LogP contribution in [-0.2, 0) is 6.54 Å². The summed E-state index contributed by atoms with van der Waals surface area (Å²) in [6.07, 6.45) is 5.82. The molecule has 0 amide bonds. The molecule has 0 atom stereocenters. The first kappa shape index (κ1) is 21.0. The SMILES string of the molecule is C=c1[nH]nc(-c2cccc(N3CCNC(C)(C)C3)n2)/c1=C/C(=N\C)c1cnn(CC)c1. The normalized spacial score (nSPS) is 17.4. The summed E-state index contributed by atoms with van der Waals surface area (Å²) in [7, 11) is 1.78. The summed E-state index contributed by atoms with van der Waals surface area (Å²) in [5.41, 5.74) is 3.42. The molecule has 8 nitrogen and oxygen atoms in total. The van der Waals surface area contributed by atoms with Crippen molar-refractivity contribution >= 4 is 24.2 Å². The lowest BCUT2D eigenvalue weighted by Gasteiger charge is -2.39.